The quantitative estimate of drug-likeness (QED) is 0.173. The van der Waals surface area contributed by atoms with Crippen molar-refractivity contribution in [2.75, 3.05) is 11.9 Å². The Kier molecular flexibility index (Phi) is 6.86. The first-order valence-corrected chi connectivity index (χ1v) is 14.6. The largest absolute Gasteiger partial charge is 0.510 e. The first-order chi connectivity index (χ1) is 19.9. The smallest absolute Gasteiger partial charge is 0.135 e. The van der Waals surface area contributed by atoms with Gasteiger partial charge in [0.2, 0.25) is 0 Å². The van der Waals surface area contributed by atoms with Gasteiger partial charge in [0.1, 0.15) is 5.82 Å². The molecule has 6 heteroatoms. The summed E-state index contributed by atoms with van der Waals surface area (Å²) in [6.07, 6.45) is 4.12. The van der Waals surface area contributed by atoms with E-state index in [2.05, 4.69) is 143 Å². The molecule has 3 aromatic carbocycles. The first kappa shape index (κ1) is 29.5. The van der Waals surface area contributed by atoms with Gasteiger partial charge in [0.25, 0.3) is 0 Å². The second kappa shape index (κ2) is 9.99. The van der Waals surface area contributed by atoms with Gasteiger partial charge in [-0.3, -0.25) is 0 Å². The minimum atomic E-state index is -0.0840. The van der Waals surface area contributed by atoms with E-state index in [1.165, 1.54) is 16.8 Å². The summed E-state index contributed by atoms with van der Waals surface area (Å²) in [5.41, 5.74) is 6.69. The molecule has 5 aromatic rings. The van der Waals surface area contributed by atoms with Gasteiger partial charge in [-0.05, 0) is 53.2 Å². The number of hydrogen-bond acceptors (Lipinski definition) is 4. The van der Waals surface area contributed by atoms with Crippen LogP contribution in [0.15, 0.2) is 78.8 Å². The van der Waals surface area contributed by atoms with Crippen LogP contribution in [0.2, 0.25) is 0 Å². The third-order valence-electron chi connectivity index (χ3n) is 9.52. The van der Waals surface area contributed by atoms with Crippen molar-refractivity contribution < 1.29 is 25.8 Å². The summed E-state index contributed by atoms with van der Waals surface area (Å²) < 4.78 is 8.69. The topological polar surface area (TPSA) is 33.5 Å². The normalized spacial score (nSPS) is 17.0. The zero-order chi connectivity index (χ0) is 29.6. The van der Waals surface area contributed by atoms with E-state index in [4.69, 9.17) is 9.72 Å². The van der Waals surface area contributed by atoms with Crippen molar-refractivity contribution in [3.63, 3.8) is 0 Å². The Bertz CT molecular complexity index is 1910. The van der Waals surface area contributed by atoms with Gasteiger partial charge in [-0.15, -0.1) is 35.2 Å². The molecule has 0 fully saturated rings. The van der Waals surface area contributed by atoms with Gasteiger partial charge in [0, 0.05) is 55.4 Å². The molecule has 2 aliphatic rings. The molecule has 43 heavy (non-hydrogen) atoms. The second-order valence-corrected chi connectivity index (χ2v) is 13.7. The molecule has 5 nitrogen and oxygen atoms in total. The number of aromatic nitrogens is 2. The maximum atomic E-state index is 6.49. The number of anilines is 1. The first-order valence-electron chi connectivity index (χ1n) is 14.6. The molecule has 2 aromatic heterocycles. The van der Waals surface area contributed by atoms with Crippen LogP contribution < -0.4 is 9.64 Å². The van der Waals surface area contributed by atoms with Crippen molar-refractivity contribution in [2.24, 2.45) is 5.41 Å². The molecule has 0 radical (unpaired) electrons. The monoisotopic (exact) mass is 748 g/mol. The third-order valence-corrected chi connectivity index (χ3v) is 9.52. The second-order valence-electron chi connectivity index (χ2n) is 13.7. The summed E-state index contributed by atoms with van der Waals surface area (Å²) >= 11 is 0. The van der Waals surface area contributed by atoms with E-state index in [0.29, 0.717) is 11.5 Å². The van der Waals surface area contributed by atoms with E-state index < -0.39 is 0 Å². The maximum Gasteiger partial charge on any atom is 0.135 e. The molecule has 0 bridgehead atoms. The van der Waals surface area contributed by atoms with Crippen LogP contribution in [0.1, 0.15) is 59.6 Å². The van der Waals surface area contributed by atoms with Gasteiger partial charge in [-0.1, -0.05) is 77.9 Å². The Morgan fingerprint density at radius 3 is 2.35 bits per heavy atom. The predicted molar refractivity (Wildman–Crippen MR) is 171 cm³/mol. The van der Waals surface area contributed by atoms with Crippen LogP contribution in [-0.4, -0.2) is 21.5 Å². The predicted octanol–water partition coefficient (Wildman–Crippen LogP) is 8.90. The zero-order valence-electron chi connectivity index (χ0n) is 26.0. The Hall–Kier alpha value is -3.56. The van der Waals surface area contributed by atoms with Crippen LogP contribution in [0.5, 0.6) is 11.5 Å². The molecule has 0 atom stereocenters. The van der Waals surface area contributed by atoms with Crippen LogP contribution in [-0.2, 0) is 31.9 Å². The summed E-state index contributed by atoms with van der Waals surface area (Å²) in [4.78, 5) is 9.17. The zero-order valence-corrected chi connectivity index (χ0v) is 28.3. The van der Waals surface area contributed by atoms with Crippen LogP contribution >= 0.6 is 0 Å². The Morgan fingerprint density at radius 1 is 0.860 bits per heavy atom. The number of pyridine rings is 1. The fraction of sp³-hybridized carbons (Fsp3) is 0.297. The standard InChI is InChI=1S/C37H37N4O.Pt/c1-35(2,3)24-17-18-38-34(19-24)41-30-12-10-9-11-27(30)28-15-13-25(20-31(28)41)42-26-14-16-29-32(21-26)40-23-39(8)22-33(40)37(6,7)36(29,4)5;/h9-19,22-23H,1-8H3;/q-3;. The Balaban J connectivity index is 0.00000329. The van der Waals surface area contributed by atoms with Gasteiger partial charge in [-0.2, -0.15) is 18.8 Å². The molecular weight excluding hydrogens is 712 g/mol. The fourth-order valence-electron chi connectivity index (χ4n) is 6.35. The van der Waals surface area contributed by atoms with Gasteiger partial charge in [-0.25, -0.2) is 4.98 Å². The van der Waals surface area contributed by atoms with Crippen LogP contribution in [0.25, 0.3) is 27.6 Å². The summed E-state index contributed by atoms with van der Waals surface area (Å²) in [7, 11) is 2.07. The molecule has 4 heterocycles. The van der Waals surface area contributed by atoms with Crippen molar-refractivity contribution in [1.82, 2.24) is 14.5 Å². The maximum absolute atomic E-state index is 6.49. The number of benzene rings is 3. The number of para-hydroxylation sites is 1. The molecule has 0 saturated heterocycles. The Morgan fingerprint density at radius 2 is 1.58 bits per heavy atom. The molecule has 2 aliphatic heterocycles. The van der Waals surface area contributed by atoms with Gasteiger partial charge in [0.15, 0.2) is 0 Å². The number of rotatable bonds is 3. The van der Waals surface area contributed by atoms with E-state index in [1.54, 1.807) is 0 Å². The average molecular weight is 749 g/mol. The van der Waals surface area contributed by atoms with Crippen molar-refractivity contribution in [1.29, 1.82) is 0 Å². The number of nitrogens with zero attached hydrogens (tertiary/aromatic N) is 4. The summed E-state index contributed by atoms with van der Waals surface area (Å²) in [5.74, 6) is 2.18. The van der Waals surface area contributed by atoms with Gasteiger partial charge >= 0.3 is 0 Å². The summed E-state index contributed by atoms with van der Waals surface area (Å²) in [5, 5.41) is 2.28. The van der Waals surface area contributed by atoms with Crippen molar-refractivity contribution in [3.05, 3.63) is 109 Å². The molecule has 224 valence electrons. The molecule has 0 spiro atoms. The van der Waals surface area contributed by atoms with E-state index in [-0.39, 0.29) is 37.3 Å². The van der Waals surface area contributed by atoms with Crippen molar-refractivity contribution in [2.45, 2.75) is 59.3 Å². The molecule has 0 aliphatic carbocycles. The number of ether oxygens (including phenoxy) is 1. The molecule has 0 amide bonds. The van der Waals surface area contributed by atoms with E-state index in [0.717, 1.165) is 33.3 Å². The van der Waals surface area contributed by atoms with Gasteiger partial charge < -0.3 is 19.1 Å². The minimum Gasteiger partial charge on any atom is -0.510 e. The molecular formula is C37H37N4OPt-3. The van der Waals surface area contributed by atoms with Crippen molar-refractivity contribution in [3.8, 4) is 17.3 Å². The van der Waals surface area contributed by atoms with Crippen molar-refractivity contribution >= 4 is 27.5 Å². The average Bonchev–Trinajstić information content (AvgIpc) is 3.50. The summed E-state index contributed by atoms with van der Waals surface area (Å²) in [6, 6.07) is 28.3. The van der Waals surface area contributed by atoms with E-state index in [9.17, 15) is 0 Å². The SMILES string of the molecule is CN1C=C2N([CH-]1)c1[c-]c(Oc3[c-]c4c(cc3)c3ccccc3n4-c3cc(C(C)(C)C)ccn3)ccc1C(C)(C)C2(C)C.[Pt]. The fourth-order valence-corrected chi connectivity index (χ4v) is 6.35. The molecule has 0 saturated carbocycles. The number of hydrogen-bond donors (Lipinski definition) is 0. The third kappa shape index (κ3) is 4.50. The minimum absolute atomic E-state index is 0. The van der Waals surface area contributed by atoms with Gasteiger partial charge in [0.05, 0.1) is 0 Å². The number of fused-ring (bicyclic) bond motifs is 6. The van der Waals surface area contributed by atoms with Crippen LogP contribution in [0.3, 0.4) is 0 Å². The van der Waals surface area contributed by atoms with E-state index in [1.807, 2.05) is 18.3 Å². The molecule has 0 N–H and O–H groups in total. The Labute approximate surface area is 269 Å². The summed E-state index contributed by atoms with van der Waals surface area (Å²) in [6.45, 7) is 18.1. The van der Waals surface area contributed by atoms with E-state index >= 15 is 0 Å². The molecule has 7 rings (SSSR count). The van der Waals surface area contributed by atoms with Crippen LogP contribution in [0.4, 0.5) is 5.69 Å². The van der Waals surface area contributed by atoms with Crippen LogP contribution in [0, 0.1) is 24.2 Å². The molecule has 0 unspecified atom stereocenters. The number of allylic oxidation sites excluding steroid dienone is 1.